The van der Waals surface area contributed by atoms with Crippen molar-refractivity contribution in [2.45, 2.75) is 36.6 Å². The second-order valence-electron chi connectivity index (χ2n) is 5.14. The van der Waals surface area contributed by atoms with Crippen LogP contribution in [0.3, 0.4) is 0 Å². The van der Waals surface area contributed by atoms with Crippen LogP contribution in [0.5, 0.6) is 0 Å². The van der Waals surface area contributed by atoms with Crippen molar-refractivity contribution in [2.24, 2.45) is 0 Å². The van der Waals surface area contributed by atoms with Gasteiger partial charge in [-0.15, -0.1) is 11.6 Å². The highest BCUT2D eigenvalue weighted by Crippen LogP contribution is 2.22. The van der Waals surface area contributed by atoms with Crippen molar-refractivity contribution < 1.29 is 13.2 Å². The highest BCUT2D eigenvalue weighted by Gasteiger charge is 2.26. The molecule has 1 fully saturated rings. The molecule has 0 spiro atoms. The first-order chi connectivity index (χ1) is 9.45. The quantitative estimate of drug-likeness (QED) is 0.784. The number of hydrogen-bond acceptors (Lipinski definition) is 3. The van der Waals surface area contributed by atoms with Crippen LogP contribution in [-0.2, 0) is 20.6 Å². The van der Waals surface area contributed by atoms with E-state index in [0.717, 1.165) is 30.6 Å². The van der Waals surface area contributed by atoms with Gasteiger partial charge in [-0.2, -0.15) is 4.31 Å². The zero-order chi connectivity index (χ0) is 14.8. The molecule has 1 saturated heterocycles. The number of halogens is 1. The molecule has 6 heteroatoms. The van der Waals surface area contributed by atoms with Gasteiger partial charge in [-0.05, 0) is 43.0 Å². The van der Waals surface area contributed by atoms with Gasteiger partial charge in [0.2, 0.25) is 10.0 Å². The molecule has 0 N–H and O–H groups in total. The summed E-state index contributed by atoms with van der Waals surface area (Å²) in [7, 11) is -1.89. The lowest BCUT2D eigenvalue weighted by Gasteiger charge is -2.21. The molecule has 1 unspecified atom stereocenters. The summed E-state index contributed by atoms with van der Waals surface area (Å²) in [5, 5.41) is 0. The molecular weight excluding hydrogens is 298 g/mol. The Kier molecular flexibility index (Phi) is 5.07. The van der Waals surface area contributed by atoms with Gasteiger partial charge in [-0.3, -0.25) is 0 Å². The van der Waals surface area contributed by atoms with E-state index in [-0.39, 0.29) is 6.10 Å². The van der Waals surface area contributed by atoms with Crippen LogP contribution in [0.25, 0.3) is 0 Å². The fraction of sp³-hybridized carbons (Fsp3) is 0.571. The molecule has 1 heterocycles. The predicted molar refractivity (Wildman–Crippen MR) is 79.5 cm³/mol. The summed E-state index contributed by atoms with van der Waals surface area (Å²) >= 11 is 5.84. The average Bonchev–Trinajstić information content (AvgIpc) is 2.91. The van der Waals surface area contributed by atoms with Gasteiger partial charge < -0.3 is 4.74 Å². The maximum Gasteiger partial charge on any atom is 0.242 e. The lowest BCUT2D eigenvalue weighted by atomic mass is 10.1. The van der Waals surface area contributed by atoms with Crippen molar-refractivity contribution in [1.82, 2.24) is 4.31 Å². The van der Waals surface area contributed by atoms with E-state index in [1.165, 1.54) is 4.31 Å². The summed E-state index contributed by atoms with van der Waals surface area (Å²) in [6.45, 7) is 3.04. The van der Waals surface area contributed by atoms with Gasteiger partial charge in [-0.1, -0.05) is 6.07 Å². The Morgan fingerprint density at radius 2 is 2.20 bits per heavy atom. The van der Waals surface area contributed by atoms with Gasteiger partial charge in [0.1, 0.15) is 0 Å². The summed E-state index contributed by atoms with van der Waals surface area (Å²) in [6, 6.07) is 5.08. The monoisotopic (exact) mass is 317 g/mol. The van der Waals surface area contributed by atoms with Gasteiger partial charge in [-0.25, -0.2) is 8.42 Å². The topological polar surface area (TPSA) is 46.6 Å². The number of likely N-dealkylation sites (N-methyl/N-ethyl adjacent to an activating group) is 1. The van der Waals surface area contributed by atoms with Crippen molar-refractivity contribution in [3.8, 4) is 0 Å². The number of benzene rings is 1. The second kappa shape index (κ2) is 6.43. The van der Waals surface area contributed by atoms with Crippen LogP contribution >= 0.6 is 11.6 Å². The number of nitrogens with zero attached hydrogens (tertiary/aromatic N) is 1. The number of sulfonamides is 1. The Hall–Kier alpha value is -0.620. The summed E-state index contributed by atoms with van der Waals surface area (Å²) in [4.78, 5) is 0.291. The first-order valence-electron chi connectivity index (χ1n) is 6.68. The Labute approximate surface area is 125 Å². The third kappa shape index (κ3) is 3.34. The zero-order valence-electron chi connectivity index (χ0n) is 11.8. The summed E-state index contributed by atoms with van der Waals surface area (Å²) in [6.07, 6.45) is 1.92. The Bertz CT molecular complexity index is 568. The molecule has 0 bridgehead atoms. The molecule has 0 aliphatic carbocycles. The van der Waals surface area contributed by atoms with E-state index in [9.17, 15) is 8.42 Å². The smallest absolute Gasteiger partial charge is 0.242 e. The van der Waals surface area contributed by atoms with E-state index in [4.69, 9.17) is 16.3 Å². The van der Waals surface area contributed by atoms with Gasteiger partial charge in [0.25, 0.3) is 0 Å². The average molecular weight is 318 g/mol. The fourth-order valence-electron chi connectivity index (χ4n) is 2.31. The van der Waals surface area contributed by atoms with Crippen molar-refractivity contribution in [3.63, 3.8) is 0 Å². The maximum atomic E-state index is 12.5. The Morgan fingerprint density at radius 3 is 2.80 bits per heavy atom. The van der Waals surface area contributed by atoms with Crippen LogP contribution < -0.4 is 0 Å². The van der Waals surface area contributed by atoms with E-state index < -0.39 is 10.0 Å². The molecule has 0 saturated carbocycles. The number of rotatable bonds is 5. The highest BCUT2D eigenvalue weighted by molar-refractivity contribution is 7.89. The van der Waals surface area contributed by atoms with Crippen molar-refractivity contribution in [3.05, 3.63) is 29.3 Å². The third-order valence-electron chi connectivity index (χ3n) is 3.66. The van der Waals surface area contributed by atoms with E-state index in [1.807, 2.05) is 6.92 Å². The minimum Gasteiger partial charge on any atom is -0.377 e. The molecule has 1 atom stereocenters. The second-order valence-corrected chi connectivity index (χ2v) is 7.45. The van der Waals surface area contributed by atoms with Crippen LogP contribution in [0.1, 0.15) is 24.0 Å². The van der Waals surface area contributed by atoms with E-state index in [2.05, 4.69) is 0 Å². The molecule has 2 rings (SSSR count). The fourth-order valence-corrected chi connectivity index (χ4v) is 3.85. The van der Waals surface area contributed by atoms with Crippen LogP contribution in [0, 0.1) is 6.92 Å². The summed E-state index contributed by atoms with van der Waals surface area (Å²) in [5.74, 6) is 0.310. The van der Waals surface area contributed by atoms with Crippen LogP contribution in [-0.4, -0.2) is 39.0 Å². The molecule has 1 aromatic carbocycles. The molecule has 0 amide bonds. The highest BCUT2D eigenvalue weighted by atomic mass is 35.5. The lowest BCUT2D eigenvalue weighted by Crippen LogP contribution is -2.34. The summed E-state index contributed by atoms with van der Waals surface area (Å²) < 4.78 is 31.9. The first-order valence-corrected chi connectivity index (χ1v) is 8.66. The Balaban J connectivity index is 2.20. The molecule has 0 aromatic heterocycles. The lowest BCUT2D eigenvalue weighted by molar-refractivity contribution is 0.0979. The number of alkyl halides is 1. The summed E-state index contributed by atoms with van der Waals surface area (Å²) in [5.41, 5.74) is 1.85. The van der Waals surface area contributed by atoms with Crippen molar-refractivity contribution in [2.75, 3.05) is 20.2 Å². The standard InChI is InChI=1S/C14H20ClNO3S/c1-11-5-6-14(8-12(11)9-15)20(17,18)16(2)10-13-4-3-7-19-13/h5-6,8,13H,3-4,7,9-10H2,1-2H3. The van der Waals surface area contributed by atoms with Crippen LogP contribution in [0.4, 0.5) is 0 Å². The van der Waals surface area contributed by atoms with Crippen molar-refractivity contribution >= 4 is 21.6 Å². The first kappa shape index (κ1) is 15.8. The number of aryl methyl sites for hydroxylation is 1. The largest absolute Gasteiger partial charge is 0.377 e. The zero-order valence-corrected chi connectivity index (χ0v) is 13.4. The minimum absolute atomic E-state index is 0.00715. The molecule has 1 aliphatic rings. The SMILES string of the molecule is Cc1ccc(S(=O)(=O)N(C)CC2CCCO2)cc1CCl. The molecule has 1 aromatic rings. The normalized spacial score (nSPS) is 19.7. The Morgan fingerprint density at radius 1 is 1.45 bits per heavy atom. The van der Waals surface area contributed by atoms with Gasteiger partial charge >= 0.3 is 0 Å². The van der Waals surface area contributed by atoms with Gasteiger partial charge in [0.05, 0.1) is 11.0 Å². The van der Waals surface area contributed by atoms with Crippen LogP contribution in [0.2, 0.25) is 0 Å². The number of ether oxygens (including phenoxy) is 1. The molecule has 4 nitrogen and oxygen atoms in total. The molecular formula is C14H20ClNO3S. The van der Waals surface area contributed by atoms with Gasteiger partial charge in [0, 0.05) is 26.1 Å². The van der Waals surface area contributed by atoms with E-state index in [1.54, 1.807) is 25.2 Å². The molecule has 0 radical (unpaired) electrons. The van der Waals surface area contributed by atoms with Gasteiger partial charge in [0.15, 0.2) is 0 Å². The predicted octanol–water partition coefficient (Wildman–Crippen LogP) is 2.53. The van der Waals surface area contributed by atoms with Crippen molar-refractivity contribution in [1.29, 1.82) is 0 Å². The third-order valence-corrected chi connectivity index (χ3v) is 5.76. The van der Waals surface area contributed by atoms with E-state index >= 15 is 0 Å². The maximum absolute atomic E-state index is 12.5. The number of hydrogen-bond donors (Lipinski definition) is 0. The minimum atomic E-state index is -3.48. The van der Waals surface area contributed by atoms with Crippen LogP contribution in [0.15, 0.2) is 23.1 Å². The molecule has 112 valence electrons. The van der Waals surface area contributed by atoms with E-state index in [0.29, 0.717) is 17.3 Å². The molecule has 1 aliphatic heterocycles. The molecule has 20 heavy (non-hydrogen) atoms.